The number of hydrogen-bond acceptors (Lipinski definition) is 3. The van der Waals surface area contributed by atoms with Gasteiger partial charge in [-0.05, 0) is 44.6 Å². The minimum atomic E-state index is -1.20. The van der Waals surface area contributed by atoms with Crippen LogP contribution in [-0.2, 0) is 4.79 Å². The number of aromatic nitrogens is 1. The molecule has 114 valence electrons. The fourth-order valence-corrected chi connectivity index (χ4v) is 2.66. The SMILES string of the molecule is CC(=O)c1c[nH]c(C(=O)NC2(C(=O)O)CCC(C)CC2)c1. The Morgan fingerprint density at radius 2 is 1.95 bits per heavy atom. The molecule has 6 nitrogen and oxygen atoms in total. The molecule has 1 amide bonds. The topological polar surface area (TPSA) is 99.3 Å². The van der Waals surface area contributed by atoms with Crippen molar-refractivity contribution in [1.82, 2.24) is 10.3 Å². The number of nitrogens with one attached hydrogen (secondary N) is 2. The Bertz CT molecular complexity index is 568. The third-order valence-electron chi connectivity index (χ3n) is 4.22. The summed E-state index contributed by atoms with van der Waals surface area (Å²) in [6.45, 7) is 3.49. The number of Topliss-reactive ketones (excluding diaryl/α,β-unsaturated/α-hetero) is 1. The quantitative estimate of drug-likeness (QED) is 0.739. The van der Waals surface area contributed by atoms with Crippen LogP contribution in [0.1, 0.15) is 60.4 Å². The van der Waals surface area contributed by atoms with E-state index in [4.69, 9.17) is 0 Å². The number of carboxylic acid groups (broad SMARTS) is 1. The normalized spacial score (nSPS) is 25.3. The van der Waals surface area contributed by atoms with Crippen molar-refractivity contribution < 1.29 is 19.5 Å². The molecular weight excluding hydrogens is 272 g/mol. The molecule has 2 rings (SSSR count). The lowest BCUT2D eigenvalue weighted by Crippen LogP contribution is -2.56. The van der Waals surface area contributed by atoms with Crippen molar-refractivity contribution in [3.8, 4) is 0 Å². The van der Waals surface area contributed by atoms with Crippen molar-refractivity contribution in [1.29, 1.82) is 0 Å². The highest BCUT2D eigenvalue weighted by atomic mass is 16.4. The molecule has 1 fully saturated rings. The fourth-order valence-electron chi connectivity index (χ4n) is 2.66. The van der Waals surface area contributed by atoms with Gasteiger partial charge in [0, 0.05) is 11.8 Å². The second kappa shape index (κ2) is 5.71. The van der Waals surface area contributed by atoms with Gasteiger partial charge in [-0.25, -0.2) is 4.79 Å². The Labute approximate surface area is 122 Å². The van der Waals surface area contributed by atoms with Crippen LogP contribution in [0, 0.1) is 5.92 Å². The van der Waals surface area contributed by atoms with Gasteiger partial charge in [-0.3, -0.25) is 9.59 Å². The van der Waals surface area contributed by atoms with Crippen LogP contribution < -0.4 is 5.32 Å². The van der Waals surface area contributed by atoms with Crippen LogP contribution in [0.5, 0.6) is 0 Å². The van der Waals surface area contributed by atoms with Gasteiger partial charge in [0.1, 0.15) is 11.2 Å². The minimum absolute atomic E-state index is 0.148. The molecule has 0 aliphatic heterocycles. The number of carbonyl (C=O) groups is 3. The molecule has 0 atom stereocenters. The molecule has 1 aromatic rings. The maximum Gasteiger partial charge on any atom is 0.329 e. The number of carbonyl (C=O) groups excluding carboxylic acids is 2. The molecule has 1 aliphatic carbocycles. The highest BCUT2D eigenvalue weighted by molar-refractivity contribution is 6.00. The minimum Gasteiger partial charge on any atom is -0.480 e. The summed E-state index contributed by atoms with van der Waals surface area (Å²) >= 11 is 0. The van der Waals surface area contributed by atoms with Gasteiger partial charge in [0.05, 0.1) is 0 Å². The predicted octanol–water partition coefficient (Wildman–Crippen LogP) is 1.98. The van der Waals surface area contributed by atoms with Gasteiger partial charge >= 0.3 is 5.97 Å². The summed E-state index contributed by atoms with van der Waals surface area (Å²) in [4.78, 5) is 37.8. The molecule has 1 aromatic heterocycles. The van der Waals surface area contributed by atoms with Crippen LogP contribution in [0.25, 0.3) is 0 Å². The van der Waals surface area contributed by atoms with E-state index >= 15 is 0 Å². The van der Waals surface area contributed by atoms with E-state index in [0.29, 0.717) is 24.3 Å². The standard InChI is InChI=1S/C15H20N2O4/c1-9-3-5-15(6-4-9,14(20)21)17-13(19)12-7-11(8-16-12)10(2)18/h7-9,16H,3-6H2,1-2H3,(H,17,19)(H,20,21). The van der Waals surface area contributed by atoms with Crippen molar-refractivity contribution in [2.45, 2.75) is 45.1 Å². The monoisotopic (exact) mass is 292 g/mol. The van der Waals surface area contributed by atoms with E-state index in [9.17, 15) is 19.5 Å². The number of aromatic amines is 1. The van der Waals surface area contributed by atoms with Gasteiger partial charge in [-0.15, -0.1) is 0 Å². The number of carboxylic acids is 1. The number of amides is 1. The summed E-state index contributed by atoms with van der Waals surface area (Å²) in [5, 5.41) is 12.1. The van der Waals surface area contributed by atoms with Crippen LogP contribution >= 0.6 is 0 Å². The average molecular weight is 292 g/mol. The Morgan fingerprint density at radius 3 is 2.43 bits per heavy atom. The zero-order valence-electron chi connectivity index (χ0n) is 12.2. The van der Waals surface area contributed by atoms with Crippen LogP contribution in [0.4, 0.5) is 0 Å². The third-order valence-corrected chi connectivity index (χ3v) is 4.22. The molecule has 0 unspecified atom stereocenters. The molecule has 1 aliphatic rings. The van der Waals surface area contributed by atoms with E-state index in [1.54, 1.807) is 0 Å². The van der Waals surface area contributed by atoms with Crippen LogP contribution in [-0.4, -0.2) is 33.3 Å². The second-order valence-electron chi connectivity index (χ2n) is 5.88. The van der Waals surface area contributed by atoms with Crippen molar-refractivity contribution in [3.05, 3.63) is 23.5 Å². The van der Waals surface area contributed by atoms with E-state index in [1.807, 2.05) is 0 Å². The highest BCUT2D eigenvalue weighted by Gasteiger charge is 2.42. The molecule has 0 bridgehead atoms. The molecule has 0 saturated heterocycles. The van der Waals surface area contributed by atoms with E-state index in [-0.39, 0.29) is 11.5 Å². The zero-order chi connectivity index (χ0) is 15.6. The Morgan fingerprint density at radius 1 is 1.33 bits per heavy atom. The largest absolute Gasteiger partial charge is 0.480 e. The smallest absolute Gasteiger partial charge is 0.329 e. The summed E-state index contributed by atoms with van der Waals surface area (Å²) in [7, 11) is 0. The van der Waals surface area contributed by atoms with Crippen molar-refractivity contribution in [3.63, 3.8) is 0 Å². The summed E-state index contributed by atoms with van der Waals surface area (Å²) in [6, 6.07) is 1.44. The molecule has 0 spiro atoms. The van der Waals surface area contributed by atoms with Crippen LogP contribution in [0.3, 0.4) is 0 Å². The number of hydrogen-bond donors (Lipinski definition) is 3. The average Bonchev–Trinajstić information content (AvgIpc) is 2.91. The van der Waals surface area contributed by atoms with Crippen molar-refractivity contribution in [2.75, 3.05) is 0 Å². The summed E-state index contributed by atoms with van der Waals surface area (Å²) in [6.07, 6.45) is 3.85. The van der Waals surface area contributed by atoms with Gasteiger partial charge in [-0.2, -0.15) is 0 Å². The molecule has 1 heterocycles. The van der Waals surface area contributed by atoms with Crippen molar-refractivity contribution >= 4 is 17.7 Å². The van der Waals surface area contributed by atoms with Gasteiger partial charge in [-0.1, -0.05) is 6.92 Å². The fraction of sp³-hybridized carbons (Fsp3) is 0.533. The lowest BCUT2D eigenvalue weighted by Gasteiger charge is -2.36. The maximum atomic E-state index is 12.2. The number of ketones is 1. The van der Waals surface area contributed by atoms with E-state index in [1.165, 1.54) is 19.2 Å². The third kappa shape index (κ3) is 3.15. The van der Waals surface area contributed by atoms with E-state index in [2.05, 4.69) is 17.2 Å². The first-order chi connectivity index (χ1) is 9.84. The molecule has 0 aromatic carbocycles. The van der Waals surface area contributed by atoms with E-state index < -0.39 is 17.4 Å². The molecule has 3 N–H and O–H groups in total. The van der Waals surface area contributed by atoms with Crippen LogP contribution in [0.15, 0.2) is 12.3 Å². The predicted molar refractivity (Wildman–Crippen MR) is 76.3 cm³/mol. The summed E-state index contributed by atoms with van der Waals surface area (Å²) in [5.74, 6) is -1.16. The molecule has 0 radical (unpaired) electrons. The first-order valence-corrected chi connectivity index (χ1v) is 7.09. The Kier molecular flexibility index (Phi) is 4.16. The molecule has 21 heavy (non-hydrogen) atoms. The number of rotatable bonds is 4. The summed E-state index contributed by atoms with van der Waals surface area (Å²) < 4.78 is 0. The highest BCUT2D eigenvalue weighted by Crippen LogP contribution is 2.32. The number of H-pyrrole nitrogens is 1. The first kappa shape index (κ1) is 15.3. The van der Waals surface area contributed by atoms with Gasteiger partial charge in [0.2, 0.25) is 0 Å². The Hall–Kier alpha value is -2.11. The zero-order valence-corrected chi connectivity index (χ0v) is 12.2. The maximum absolute atomic E-state index is 12.2. The molecular formula is C15H20N2O4. The van der Waals surface area contributed by atoms with Crippen LogP contribution in [0.2, 0.25) is 0 Å². The van der Waals surface area contributed by atoms with Gasteiger partial charge < -0.3 is 15.4 Å². The molecule has 1 saturated carbocycles. The second-order valence-corrected chi connectivity index (χ2v) is 5.88. The molecule has 6 heteroatoms. The van der Waals surface area contributed by atoms with E-state index in [0.717, 1.165) is 12.8 Å². The lowest BCUT2D eigenvalue weighted by atomic mass is 9.77. The van der Waals surface area contributed by atoms with Gasteiger partial charge in [0.25, 0.3) is 5.91 Å². The lowest BCUT2D eigenvalue weighted by molar-refractivity contribution is -0.146. The number of aliphatic carboxylic acids is 1. The summed E-state index contributed by atoms with van der Waals surface area (Å²) in [5.41, 5.74) is -0.591. The van der Waals surface area contributed by atoms with Gasteiger partial charge in [0.15, 0.2) is 5.78 Å². The first-order valence-electron chi connectivity index (χ1n) is 7.09. The Balaban J connectivity index is 2.15. The van der Waals surface area contributed by atoms with Crippen molar-refractivity contribution in [2.24, 2.45) is 5.92 Å².